The average Bonchev–Trinajstić information content (AvgIpc) is 2.29. The lowest BCUT2D eigenvalue weighted by Crippen LogP contribution is -2.16. The average molecular weight is 228 g/mol. The summed E-state index contributed by atoms with van der Waals surface area (Å²) >= 11 is 5.59. The van der Waals surface area contributed by atoms with Gasteiger partial charge in [-0.2, -0.15) is 0 Å². The molecule has 0 fully saturated rings. The van der Waals surface area contributed by atoms with Crippen LogP contribution in [0.5, 0.6) is 0 Å². The Labute approximate surface area is 96.3 Å². The van der Waals surface area contributed by atoms with Gasteiger partial charge in [0.05, 0.1) is 6.54 Å². The first kappa shape index (κ1) is 12.4. The highest BCUT2D eigenvalue weighted by atomic mass is 35.5. The molecule has 1 aromatic rings. The number of aromatic nitrogens is 2. The summed E-state index contributed by atoms with van der Waals surface area (Å²) in [6, 6.07) is 1.83. The highest BCUT2D eigenvalue weighted by Gasteiger charge is 1.93. The molecule has 1 heterocycles. The summed E-state index contributed by atoms with van der Waals surface area (Å²) in [4.78, 5) is 8.27. The standard InChI is InChI=1S/C11H18ClN3/c12-6-3-1-2-4-7-13-10-11-14-8-5-9-15-11/h5,8-9,13H,1-4,6-7,10H2. The van der Waals surface area contributed by atoms with Gasteiger partial charge in [0.1, 0.15) is 5.82 Å². The van der Waals surface area contributed by atoms with Gasteiger partial charge in [-0.05, 0) is 25.5 Å². The van der Waals surface area contributed by atoms with Crippen LogP contribution in [-0.4, -0.2) is 22.4 Å². The number of nitrogens with one attached hydrogen (secondary N) is 1. The molecule has 0 radical (unpaired) electrons. The molecule has 0 bridgehead atoms. The van der Waals surface area contributed by atoms with E-state index in [1.54, 1.807) is 12.4 Å². The zero-order valence-corrected chi connectivity index (χ0v) is 9.71. The van der Waals surface area contributed by atoms with E-state index < -0.39 is 0 Å². The predicted octanol–water partition coefficient (Wildman–Crippen LogP) is 2.37. The third-order valence-electron chi connectivity index (χ3n) is 2.14. The minimum atomic E-state index is 0.760. The molecule has 0 aliphatic rings. The topological polar surface area (TPSA) is 37.8 Å². The second-order valence-corrected chi connectivity index (χ2v) is 3.82. The molecule has 0 aliphatic carbocycles. The van der Waals surface area contributed by atoms with Crippen molar-refractivity contribution in [2.24, 2.45) is 0 Å². The molecule has 15 heavy (non-hydrogen) atoms. The van der Waals surface area contributed by atoms with Crippen molar-refractivity contribution in [3.63, 3.8) is 0 Å². The van der Waals surface area contributed by atoms with Gasteiger partial charge in [-0.3, -0.25) is 0 Å². The minimum Gasteiger partial charge on any atom is -0.310 e. The van der Waals surface area contributed by atoms with Crippen LogP contribution in [0.2, 0.25) is 0 Å². The molecular weight excluding hydrogens is 210 g/mol. The van der Waals surface area contributed by atoms with Gasteiger partial charge >= 0.3 is 0 Å². The smallest absolute Gasteiger partial charge is 0.141 e. The Hall–Kier alpha value is -0.670. The molecule has 84 valence electrons. The molecule has 0 aliphatic heterocycles. The lowest BCUT2D eigenvalue weighted by molar-refractivity contribution is 0.588. The van der Waals surface area contributed by atoms with Gasteiger partial charge < -0.3 is 5.32 Å². The monoisotopic (exact) mass is 227 g/mol. The van der Waals surface area contributed by atoms with Crippen molar-refractivity contribution in [3.8, 4) is 0 Å². The van der Waals surface area contributed by atoms with Crippen molar-refractivity contribution in [1.82, 2.24) is 15.3 Å². The van der Waals surface area contributed by atoms with E-state index >= 15 is 0 Å². The van der Waals surface area contributed by atoms with E-state index in [2.05, 4.69) is 15.3 Å². The minimum absolute atomic E-state index is 0.760. The fourth-order valence-electron chi connectivity index (χ4n) is 1.32. The van der Waals surface area contributed by atoms with Gasteiger partial charge in [-0.1, -0.05) is 12.8 Å². The number of rotatable bonds is 8. The second-order valence-electron chi connectivity index (χ2n) is 3.44. The largest absolute Gasteiger partial charge is 0.310 e. The van der Waals surface area contributed by atoms with Gasteiger partial charge in [-0.15, -0.1) is 11.6 Å². The van der Waals surface area contributed by atoms with Gasteiger partial charge in [-0.25, -0.2) is 9.97 Å². The molecule has 0 saturated heterocycles. The van der Waals surface area contributed by atoms with Crippen LogP contribution in [0.1, 0.15) is 31.5 Å². The zero-order chi connectivity index (χ0) is 10.8. The number of alkyl halides is 1. The Morgan fingerprint density at radius 2 is 1.80 bits per heavy atom. The van der Waals surface area contributed by atoms with Crippen LogP contribution in [0, 0.1) is 0 Å². The summed E-state index contributed by atoms with van der Waals surface area (Å²) in [5.74, 6) is 1.64. The molecule has 0 saturated carbocycles. The van der Waals surface area contributed by atoms with Crippen LogP contribution in [0.15, 0.2) is 18.5 Å². The van der Waals surface area contributed by atoms with E-state index in [1.165, 1.54) is 19.3 Å². The lowest BCUT2D eigenvalue weighted by atomic mass is 10.2. The quantitative estimate of drug-likeness (QED) is 0.547. The van der Waals surface area contributed by atoms with Crippen LogP contribution in [0.25, 0.3) is 0 Å². The second kappa shape index (κ2) is 8.62. The fourth-order valence-corrected chi connectivity index (χ4v) is 1.51. The third-order valence-corrected chi connectivity index (χ3v) is 2.41. The van der Waals surface area contributed by atoms with E-state index in [9.17, 15) is 0 Å². The van der Waals surface area contributed by atoms with Crippen molar-refractivity contribution in [1.29, 1.82) is 0 Å². The van der Waals surface area contributed by atoms with Crippen molar-refractivity contribution in [2.45, 2.75) is 32.2 Å². The van der Waals surface area contributed by atoms with E-state index in [4.69, 9.17) is 11.6 Å². The Balaban J connectivity index is 1.93. The molecule has 1 N–H and O–H groups in total. The Morgan fingerprint density at radius 3 is 2.53 bits per heavy atom. The van der Waals surface area contributed by atoms with E-state index in [0.717, 1.165) is 31.2 Å². The number of hydrogen-bond donors (Lipinski definition) is 1. The van der Waals surface area contributed by atoms with Gasteiger partial charge in [0.15, 0.2) is 0 Å². The molecule has 1 rings (SSSR count). The maximum atomic E-state index is 5.59. The number of nitrogens with zero attached hydrogens (tertiary/aromatic N) is 2. The van der Waals surface area contributed by atoms with Crippen LogP contribution >= 0.6 is 11.6 Å². The Kier molecular flexibility index (Phi) is 7.13. The van der Waals surface area contributed by atoms with Crippen molar-refractivity contribution in [2.75, 3.05) is 12.4 Å². The third kappa shape index (κ3) is 6.42. The SMILES string of the molecule is ClCCCCCCNCc1ncccn1. The van der Waals surface area contributed by atoms with E-state index in [1.807, 2.05) is 6.07 Å². The normalized spacial score (nSPS) is 10.5. The van der Waals surface area contributed by atoms with Gasteiger partial charge in [0, 0.05) is 18.3 Å². The van der Waals surface area contributed by atoms with Crippen LogP contribution in [0.3, 0.4) is 0 Å². The van der Waals surface area contributed by atoms with Crippen molar-refractivity contribution < 1.29 is 0 Å². The first-order chi connectivity index (χ1) is 7.43. The van der Waals surface area contributed by atoms with E-state index in [0.29, 0.717) is 0 Å². The first-order valence-electron chi connectivity index (χ1n) is 5.46. The maximum Gasteiger partial charge on any atom is 0.141 e. The molecule has 0 spiro atoms. The molecule has 3 nitrogen and oxygen atoms in total. The molecular formula is C11H18ClN3. The zero-order valence-electron chi connectivity index (χ0n) is 8.95. The van der Waals surface area contributed by atoms with Gasteiger partial charge in [0.25, 0.3) is 0 Å². The molecule has 0 amide bonds. The fraction of sp³-hybridized carbons (Fsp3) is 0.636. The summed E-state index contributed by atoms with van der Waals surface area (Å²) in [5.41, 5.74) is 0. The maximum absolute atomic E-state index is 5.59. The van der Waals surface area contributed by atoms with Crippen LogP contribution in [0.4, 0.5) is 0 Å². The predicted molar refractivity (Wildman–Crippen MR) is 62.9 cm³/mol. The Bertz CT molecular complexity index is 241. The number of hydrogen-bond acceptors (Lipinski definition) is 3. The molecule has 0 unspecified atom stereocenters. The number of unbranched alkanes of at least 4 members (excludes halogenated alkanes) is 3. The van der Waals surface area contributed by atoms with E-state index in [-0.39, 0.29) is 0 Å². The number of halogens is 1. The highest BCUT2D eigenvalue weighted by Crippen LogP contribution is 2.00. The molecule has 1 aromatic heterocycles. The lowest BCUT2D eigenvalue weighted by Gasteiger charge is -2.02. The summed E-state index contributed by atoms with van der Waals surface area (Å²) in [6.07, 6.45) is 8.34. The highest BCUT2D eigenvalue weighted by molar-refractivity contribution is 6.17. The molecule has 0 atom stereocenters. The summed E-state index contributed by atoms with van der Waals surface area (Å²) in [7, 11) is 0. The Morgan fingerprint density at radius 1 is 1.07 bits per heavy atom. The summed E-state index contributed by atoms with van der Waals surface area (Å²) < 4.78 is 0. The summed E-state index contributed by atoms with van der Waals surface area (Å²) in [6.45, 7) is 1.79. The van der Waals surface area contributed by atoms with Crippen molar-refractivity contribution >= 4 is 11.6 Å². The van der Waals surface area contributed by atoms with Gasteiger partial charge in [0.2, 0.25) is 0 Å². The molecule has 4 heteroatoms. The van der Waals surface area contributed by atoms with Crippen LogP contribution < -0.4 is 5.32 Å². The summed E-state index contributed by atoms with van der Waals surface area (Å²) in [5, 5.41) is 3.32. The first-order valence-corrected chi connectivity index (χ1v) is 5.99. The molecule has 0 aromatic carbocycles. The van der Waals surface area contributed by atoms with Crippen LogP contribution in [-0.2, 0) is 6.54 Å². The van der Waals surface area contributed by atoms with Crippen molar-refractivity contribution in [3.05, 3.63) is 24.3 Å².